The van der Waals surface area contributed by atoms with Crippen molar-refractivity contribution in [2.24, 2.45) is 0 Å². The number of nitrogens with zero attached hydrogens (tertiary/aromatic N) is 2. The third-order valence-corrected chi connectivity index (χ3v) is 2.17. The average molecular weight is 266 g/mol. The van der Waals surface area contributed by atoms with E-state index in [2.05, 4.69) is 15.6 Å². The van der Waals surface area contributed by atoms with Gasteiger partial charge in [-0.15, -0.1) is 0 Å². The summed E-state index contributed by atoms with van der Waals surface area (Å²) in [5.74, 6) is -0.730. The van der Waals surface area contributed by atoms with Gasteiger partial charge in [-0.3, -0.25) is 25.2 Å². The number of nitrogens with one attached hydrogen (secondary N) is 2. The summed E-state index contributed by atoms with van der Waals surface area (Å²) >= 11 is 0. The zero-order valence-corrected chi connectivity index (χ0v) is 10.8. The number of urea groups is 1. The lowest BCUT2D eigenvalue weighted by molar-refractivity contribution is -0.385. The Kier molecular flexibility index (Phi) is 4.51. The highest BCUT2D eigenvalue weighted by Gasteiger charge is 2.17. The number of aryl methyl sites for hydroxylation is 1. The van der Waals surface area contributed by atoms with Crippen molar-refractivity contribution in [3.63, 3.8) is 0 Å². The Morgan fingerprint density at radius 1 is 1.42 bits per heavy atom. The molecule has 1 heterocycles. The zero-order valence-electron chi connectivity index (χ0n) is 10.8. The van der Waals surface area contributed by atoms with Gasteiger partial charge in [-0.25, -0.2) is 4.79 Å². The molecule has 0 aliphatic rings. The summed E-state index contributed by atoms with van der Waals surface area (Å²) in [5.41, 5.74) is -0.00595. The van der Waals surface area contributed by atoms with Crippen LogP contribution >= 0.6 is 0 Å². The molecule has 0 radical (unpaired) electrons. The molecule has 0 spiro atoms. The molecule has 1 rings (SSSR count). The minimum Gasteiger partial charge on any atom is -0.336 e. The van der Waals surface area contributed by atoms with Crippen LogP contribution in [0, 0.1) is 17.0 Å². The first-order chi connectivity index (χ1) is 8.81. The van der Waals surface area contributed by atoms with Gasteiger partial charge < -0.3 is 5.32 Å². The Morgan fingerprint density at radius 2 is 2.05 bits per heavy atom. The molecule has 8 nitrogen and oxygen atoms in total. The lowest BCUT2D eigenvalue weighted by Crippen LogP contribution is -2.42. The fourth-order valence-corrected chi connectivity index (χ4v) is 1.32. The fraction of sp³-hybridized carbons (Fsp3) is 0.364. The lowest BCUT2D eigenvalue weighted by Gasteiger charge is -2.09. The van der Waals surface area contributed by atoms with Crippen molar-refractivity contribution >= 4 is 17.6 Å². The molecular weight excluding hydrogens is 252 g/mol. The third-order valence-electron chi connectivity index (χ3n) is 2.17. The molecule has 0 aromatic carbocycles. The van der Waals surface area contributed by atoms with E-state index in [4.69, 9.17) is 0 Å². The van der Waals surface area contributed by atoms with Crippen molar-refractivity contribution in [1.82, 2.24) is 15.6 Å². The Labute approximate surface area is 109 Å². The van der Waals surface area contributed by atoms with Crippen molar-refractivity contribution in [1.29, 1.82) is 0 Å². The molecule has 0 atom stereocenters. The summed E-state index contributed by atoms with van der Waals surface area (Å²) < 4.78 is 0. The minimum absolute atomic E-state index is 0.00638. The number of carbonyl (C=O) groups is 2. The highest BCUT2D eigenvalue weighted by Crippen LogP contribution is 2.14. The van der Waals surface area contributed by atoms with E-state index >= 15 is 0 Å². The average Bonchev–Trinajstić information content (AvgIpc) is 2.27. The molecule has 0 aliphatic carbocycles. The summed E-state index contributed by atoms with van der Waals surface area (Å²) in [7, 11) is 0. The first-order valence-corrected chi connectivity index (χ1v) is 5.54. The molecule has 2 N–H and O–H groups in total. The van der Waals surface area contributed by atoms with Crippen LogP contribution in [0.15, 0.2) is 12.3 Å². The first kappa shape index (κ1) is 14.6. The normalized spacial score (nSPS) is 10.1. The van der Waals surface area contributed by atoms with E-state index in [0.717, 1.165) is 12.3 Å². The quantitative estimate of drug-likeness (QED) is 0.629. The van der Waals surface area contributed by atoms with Crippen molar-refractivity contribution in [2.45, 2.75) is 26.8 Å². The van der Waals surface area contributed by atoms with Gasteiger partial charge in [0, 0.05) is 12.1 Å². The number of pyridine rings is 1. The van der Waals surface area contributed by atoms with E-state index in [0.29, 0.717) is 5.69 Å². The van der Waals surface area contributed by atoms with Crippen LogP contribution in [0.1, 0.15) is 29.9 Å². The standard InChI is InChI=1S/C11H14N4O4/c1-6(2)13-11(17)14-10(16)9-4-8(15(18)19)5-12-7(9)3/h4-6H,1-3H3,(H2,13,14,16,17). The summed E-state index contributed by atoms with van der Waals surface area (Å²) in [5, 5.41) is 15.2. The molecule has 1 aromatic rings. The van der Waals surface area contributed by atoms with Crippen LogP contribution in [0.5, 0.6) is 0 Å². The van der Waals surface area contributed by atoms with Crippen molar-refractivity contribution in [3.8, 4) is 0 Å². The second-order valence-electron chi connectivity index (χ2n) is 4.17. The topological polar surface area (TPSA) is 114 Å². The smallest absolute Gasteiger partial charge is 0.321 e. The number of carbonyl (C=O) groups excluding carboxylic acids is 2. The zero-order chi connectivity index (χ0) is 14.6. The largest absolute Gasteiger partial charge is 0.336 e. The van der Waals surface area contributed by atoms with E-state index in [1.807, 2.05) is 0 Å². The van der Waals surface area contributed by atoms with E-state index in [1.54, 1.807) is 13.8 Å². The van der Waals surface area contributed by atoms with Gasteiger partial charge in [-0.2, -0.15) is 0 Å². The summed E-state index contributed by atoms with van der Waals surface area (Å²) in [6.07, 6.45) is 1.06. The van der Waals surface area contributed by atoms with Crippen LogP contribution < -0.4 is 10.6 Å². The number of imide groups is 1. The van der Waals surface area contributed by atoms with Crippen molar-refractivity contribution in [3.05, 3.63) is 33.6 Å². The van der Waals surface area contributed by atoms with E-state index < -0.39 is 16.9 Å². The van der Waals surface area contributed by atoms with Crippen LogP contribution in [0.4, 0.5) is 10.5 Å². The molecular formula is C11H14N4O4. The van der Waals surface area contributed by atoms with E-state index in [9.17, 15) is 19.7 Å². The number of hydrogen-bond acceptors (Lipinski definition) is 5. The molecule has 1 aromatic heterocycles. The maximum Gasteiger partial charge on any atom is 0.321 e. The van der Waals surface area contributed by atoms with Gasteiger partial charge >= 0.3 is 6.03 Å². The number of nitro groups is 1. The van der Waals surface area contributed by atoms with Gasteiger partial charge in [0.1, 0.15) is 6.20 Å². The van der Waals surface area contributed by atoms with E-state index in [-0.39, 0.29) is 17.3 Å². The number of rotatable bonds is 3. The molecule has 0 saturated carbocycles. The van der Waals surface area contributed by atoms with Gasteiger partial charge in [0.25, 0.3) is 11.6 Å². The second kappa shape index (κ2) is 5.89. The number of hydrogen-bond donors (Lipinski definition) is 2. The Bertz CT molecular complexity index is 527. The third kappa shape index (κ3) is 4.02. The molecule has 0 saturated heterocycles. The van der Waals surface area contributed by atoms with Gasteiger partial charge in [0.2, 0.25) is 0 Å². The molecule has 0 fully saturated rings. The van der Waals surface area contributed by atoms with E-state index in [1.165, 1.54) is 6.92 Å². The fourth-order valence-electron chi connectivity index (χ4n) is 1.32. The second-order valence-corrected chi connectivity index (χ2v) is 4.17. The van der Waals surface area contributed by atoms with Crippen LogP contribution in [0.3, 0.4) is 0 Å². The summed E-state index contributed by atoms with van der Waals surface area (Å²) in [4.78, 5) is 36.9. The first-order valence-electron chi connectivity index (χ1n) is 5.54. The SMILES string of the molecule is Cc1ncc([N+](=O)[O-])cc1C(=O)NC(=O)NC(C)C. The summed E-state index contributed by atoms with van der Waals surface area (Å²) in [6, 6.07) is 0.295. The van der Waals surface area contributed by atoms with Crippen LogP contribution in [-0.4, -0.2) is 27.9 Å². The van der Waals surface area contributed by atoms with Gasteiger partial charge in [0.05, 0.1) is 16.2 Å². The molecule has 19 heavy (non-hydrogen) atoms. The maximum atomic E-state index is 11.8. The van der Waals surface area contributed by atoms with Gasteiger partial charge in [0.15, 0.2) is 0 Å². The predicted molar refractivity (Wildman–Crippen MR) is 66.8 cm³/mol. The van der Waals surface area contributed by atoms with Crippen LogP contribution in [0.25, 0.3) is 0 Å². The number of aromatic nitrogens is 1. The Hall–Kier alpha value is -2.51. The molecule has 3 amide bonds. The number of amides is 3. The monoisotopic (exact) mass is 266 g/mol. The molecule has 0 unspecified atom stereocenters. The van der Waals surface area contributed by atoms with Crippen LogP contribution in [0.2, 0.25) is 0 Å². The highest BCUT2D eigenvalue weighted by molar-refractivity contribution is 6.05. The molecule has 8 heteroatoms. The Morgan fingerprint density at radius 3 is 2.58 bits per heavy atom. The summed E-state index contributed by atoms with van der Waals surface area (Å²) in [6.45, 7) is 5.01. The maximum absolute atomic E-state index is 11.8. The van der Waals surface area contributed by atoms with Gasteiger partial charge in [-0.1, -0.05) is 0 Å². The molecule has 0 bridgehead atoms. The van der Waals surface area contributed by atoms with Crippen LogP contribution in [-0.2, 0) is 0 Å². The lowest BCUT2D eigenvalue weighted by atomic mass is 10.2. The highest BCUT2D eigenvalue weighted by atomic mass is 16.6. The minimum atomic E-state index is -0.730. The van der Waals surface area contributed by atoms with Gasteiger partial charge in [-0.05, 0) is 20.8 Å². The van der Waals surface area contributed by atoms with Crippen molar-refractivity contribution < 1.29 is 14.5 Å². The Balaban J connectivity index is 2.90. The molecule has 102 valence electrons. The molecule has 0 aliphatic heterocycles. The predicted octanol–water partition coefficient (Wildman–Crippen LogP) is 1.15. The van der Waals surface area contributed by atoms with Crippen molar-refractivity contribution in [2.75, 3.05) is 0 Å².